The monoisotopic (exact) mass is 269 g/mol. The van der Waals surface area contributed by atoms with Crippen LogP contribution in [-0.2, 0) is 6.54 Å². The van der Waals surface area contributed by atoms with E-state index in [2.05, 4.69) is 52.5 Å². The molecule has 1 unspecified atom stereocenters. The van der Waals surface area contributed by atoms with E-state index in [0.29, 0.717) is 12.0 Å². The lowest BCUT2D eigenvalue weighted by Crippen LogP contribution is -2.51. The van der Waals surface area contributed by atoms with Crippen LogP contribution in [0.15, 0.2) is 0 Å². The Bertz CT molecular complexity index is 450. The van der Waals surface area contributed by atoms with Crippen LogP contribution >= 0.6 is 12.2 Å². The van der Waals surface area contributed by atoms with Crippen LogP contribution in [0.3, 0.4) is 0 Å². The van der Waals surface area contributed by atoms with Gasteiger partial charge in [0, 0.05) is 38.1 Å². The van der Waals surface area contributed by atoms with Gasteiger partial charge >= 0.3 is 0 Å². The highest BCUT2D eigenvalue weighted by Crippen LogP contribution is 2.15. The van der Waals surface area contributed by atoms with Crippen molar-refractivity contribution < 1.29 is 0 Å². The van der Waals surface area contributed by atoms with E-state index < -0.39 is 0 Å². The highest BCUT2D eigenvalue weighted by atomic mass is 32.1. The predicted molar refractivity (Wildman–Crippen MR) is 75.4 cm³/mol. The summed E-state index contributed by atoms with van der Waals surface area (Å²) in [7, 11) is 4.37. The molecule has 1 N–H and O–H groups in total. The summed E-state index contributed by atoms with van der Waals surface area (Å²) in [6.45, 7) is 8.56. The third-order valence-corrected chi connectivity index (χ3v) is 3.99. The highest BCUT2D eigenvalue weighted by Gasteiger charge is 2.24. The lowest BCUT2D eigenvalue weighted by Gasteiger charge is -2.38. The van der Waals surface area contributed by atoms with Crippen LogP contribution in [0, 0.1) is 4.77 Å². The second-order valence-electron chi connectivity index (χ2n) is 5.55. The zero-order valence-electron chi connectivity index (χ0n) is 11.7. The molecule has 0 bridgehead atoms. The van der Waals surface area contributed by atoms with Gasteiger partial charge in [-0.15, -0.1) is 0 Å². The Kier molecular flexibility index (Phi) is 4.19. The summed E-state index contributed by atoms with van der Waals surface area (Å²) in [6, 6.07) is 0.505. The average molecular weight is 269 g/mol. The lowest BCUT2D eigenvalue weighted by molar-refractivity contribution is 0.102. The number of aromatic amines is 1. The molecule has 2 rings (SSSR count). The lowest BCUT2D eigenvalue weighted by atomic mass is 10.1. The van der Waals surface area contributed by atoms with Crippen molar-refractivity contribution >= 4 is 12.2 Å². The standard InChI is InChI=1S/C12H23N5S/c1-9(2)11-13-14-12(18)17(11)8-10-7-15(3)5-6-16(10)4/h9-10H,5-8H2,1-4H3,(H,14,18). The molecule has 1 aliphatic heterocycles. The summed E-state index contributed by atoms with van der Waals surface area (Å²) in [5, 5.41) is 7.26. The molecule has 0 spiro atoms. The molecule has 0 saturated carbocycles. The maximum absolute atomic E-state index is 5.34. The molecule has 0 aliphatic carbocycles. The zero-order valence-corrected chi connectivity index (χ0v) is 12.5. The van der Waals surface area contributed by atoms with E-state index >= 15 is 0 Å². The van der Waals surface area contributed by atoms with Crippen LogP contribution in [0.1, 0.15) is 25.6 Å². The molecule has 1 aromatic heterocycles. The molecule has 1 fully saturated rings. The van der Waals surface area contributed by atoms with Crippen LogP contribution in [-0.4, -0.2) is 64.3 Å². The molecule has 0 radical (unpaired) electrons. The van der Waals surface area contributed by atoms with Crippen molar-refractivity contribution in [3.8, 4) is 0 Å². The first-order chi connectivity index (χ1) is 8.49. The van der Waals surface area contributed by atoms with Crippen LogP contribution in [0.2, 0.25) is 0 Å². The Morgan fingerprint density at radius 1 is 1.39 bits per heavy atom. The Morgan fingerprint density at radius 2 is 2.11 bits per heavy atom. The maximum Gasteiger partial charge on any atom is 0.195 e. The topological polar surface area (TPSA) is 40.1 Å². The molecular weight excluding hydrogens is 246 g/mol. The van der Waals surface area contributed by atoms with Gasteiger partial charge in [-0.05, 0) is 26.3 Å². The molecule has 1 atom stereocenters. The predicted octanol–water partition coefficient (Wildman–Crippen LogP) is 1.31. The van der Waals surface area contributed by atoms with E-state index in [1.165, 1.54) is 0 Å². The largest absolute Gasteiger partial charge is 0.303 e. The number of hydrogen-bond donors (Lipinski definition) is 1. The van der Waals surface area contributed by atoms with Gasteiger partial charge in [0.05, 0.1) is 0 Å². The van der Waals surface area contributed by atoms with Crippen LogP contribution in [0.4, 0.5) is 0 Å². The smallest absolute Gasteiger partial charge is 0.195 e. The first-order valence-electron chi connectivity index (χ1n) is 6.53. The van der Waals surface area contributed by atoms with Crippen molar-refractivity contribution in [3.63, 3.8) is 0 Å². The van der Waals surface area contributed by atoms with Gasteiger partial charge in [-0.25, -0.2) is 0 Å². The minimum atomic E-state index is 0.393. The van der Waals surface area contributed by atoms with Crippen LogP contribution in [0.25, 0.3) is 0 Å². The average Bonchev–Trinajstić information content (AvgIpc) is 2.66. The number of rotatable bonds is 3. The molecule has 0 aromatic carbocycles. The Hall–Kier alpha value is -0.720. The van der Waals surface area contributed by atoms with Gasteiger partial charge in [0.15, 0.2) is 4.77 Å². The molecule has 2 heterocycles. The van der Waals surface area contributed by atoms with E-state index in [1.807, 2.05) is 0 Å². The summed E-state index contributed by atoms with van der Waals surface area (Å²) >= 11 is 5.34. The van der Waals surface area contributed by atoms with Crippen molar-refractivity contribution in [2.24, 2.45) is 0 Å². The summed E-state index contributed by atoms with van der Waals surface area (Å²) in [4.78, 5) is 4.79. The number of nitrogens with one attached hydrogen (secondary N) is 1. The molecule has 102 valence electrons. The summed E-state index contributed by atoms with van der Waals surface area (Å²) < 4.78 is 2.89. The second kappa shape index (κ2) is 5.50. The van der Waals surface area contributed by atoms with Gasteiger partial charge in [0.2, 0.25) is 0 Å². The molecular formula is C12H23N5S. The van der Waals surface area contributed by atoms with E-state index in [9.17, 15) is 0 Å². The van der Waals surface area contributed by atoms with Crippen molar-refractivity contribution in [1.29, 1.82) is 0 Å². The summed E-state index contributed by atoms with van der Waals surface area (Å²) in [5.41, 5.74) is 0. The van der Waals surface area contributed by atoms with Crippen molar-refractivity contribution in [1.82, 2.24) is 24.6 Å². The fourth-order valence-corrected chi connectivity index (χ4v) is 2.67. The van der Waals surface area contributed by atoms with Gasteiger partial charge < -0.3 is 9.47 Å². The molecule has 5 nitrogen and oxygen atoms in total. The normalized spacial score (nSPS) is 22.8. The SMILES string of the molecule is CC(C)c1n[nH]c(=S)n1CC1CN(C)CCN1C. The first-order valence-corrected chi connectivity index (χ1v) is 6.93. The summed E-state index contributed by atoms with van der Waals surface area (Å²) in [6.07, 6.45) is 0. The Morgan fingerprint density at radius 3 is 2.78 bits per heavy atom. The zero-order chi connectivity index (χ0) is 13.3. The number of nitrogens with zero attached hydrogens (tertiary/aromatic N) is 4. The molecule has 1 aromatic rings. The van der Waals surface area contributed by atoms with E-state index in [-0.39, 0.29) is 0 Å². The first kappa shape index (κ1) is 13.7. The van der Waals surface area contributed by atoms with Crippen molar-refractivity contribution in [3.05, 3.63) is 10.6 Å². The van der Waals surface area contributed by atoms with Gasteiger partial charge in [-0.3, -0.25) is 10.00 Å². The van der Waals surface area contributed by atoms with Crippen LogP contribution < -0.4 is 0 Å². The van der Waals surface area contributed by atoms with Gasteiger partial charge in [0.25, 0.3) is 0 Å². The third-order valence-electron chi connectivity index (χ3n) is 3.68. The number of H-pyrrole nitrogens is 1. The van der Waals surface area contributed by atoms with Crippen molar-refractivity contribution in [2.75, 3.05) is 33.7 Å². The van der Waals surface area contributed by atoms with Gasteiger partial charge in [-0.1, -0.05) is 13.8 Å². The molecule has 1 aliphatic rings. The fraction of sp³-hybridized carbons (Fsp3) is 0.833. The Labute approximate surface area is 114 Å². The quantitative estimate of drug-likeness (QED) is 0.840. The molecule has 0 amide bonds. The van der Waals surface area contributed by atoms with E-state index in [1.54, 1.807) is 0 Å². The highest BCUT2D eigenvalue weighted by molar-refractivity contribution is 7.71. The molecule has 6 heteroatoms. The third kappa shape index (κ3) is 2.81. The maximum atomic E-state index is 5.34. The van der Waals surface area contributed by atoms with E-state index in [4.69, 9.17) is 12.2 Å². The Balaban J connectivity index is 2.17. The van der Waals surface area contributed by atoms with Crippen LogP contribution in [0.5, 0.6) is 0 Å². The number of aromatic nitrogens is 3. The second-order valence-corrected chi connectivity index (χ2v) is 5.94. The number of piperazine rings is 1. The summed E-state index contributed by atoms with van der Waals surface area (Å²) in [5.74, 6) is 1.45. The molecule has 1 saturated heterocycles. The van der Waals surface area contributed by atoms with Gasteiger partial charge in [-0.2, -0.15) is 5.10 Å². The fourth-order valence-electron chi connectivity index (χ4n) is 2.46. The molecule has 18 heavy (non-hydrogen) atoms. The number of hydrogen-bond acceptors (Lipinski definition) is 4. The van der Waals surface area contributed by atoms with E-state index in [0.717, 1.165) is 36.8 Å². The van der Waals surface area contributed by atoms with Gasteiger partial charge in [0.1, 0.15) is 5.82 Å². The minimum Gasteiger partial charge on any atom is -0.303 e. The minimum absolute atomic E-state index is 0.393. The van der Waals surface area contributed by atoms with Crippen molar-refractivity contribution in [2.45, 2.75) is 32.4 Å². The number of likely N-dealkylation sites (N-methyl/N-ethyl adjacent to an activating group) is 2.